The van der Waals surface area contributed by atoms with Crippen LogP contribution in [0.5, 0.6) is 5.75 Å². The van der Waals surface area contributed by atoms with Gasteiger partial charge in [0.1, 0.15) is 11.5 Å². The monoisotopic (exact) mass is 215 g/mol. The second-order valence-electron chi connectivity index (χ2n) is 4.27. The highest BCUT2D eigenvalue weighted by molar-refractivity contribution is 5.90. The van der Waals surface area contributed by atoms with E-state index < -0.39 is 5.41 Å². The Morgan fingerprint density at radius 3 is 2.56 bits per heavy atom. The van der Waals surface area contributed by atoms with E-state index >= 15 is 0 Å². The Morgan fingerprint density at radius 2 is 2.12 bits per heavy atom. The van der Waals surface area contributed by atoms with Gasteiger partial charge in [-0.05, 0) is 30.2 Å². The van der Waals surface area contributed by atoms with Gasteiger partial charge in [0.2, 0.25) is 0 Å². The molecule has 0 aliphatic heterocycles. The van der Waals surface area contributed by atoms with E-state index in [-0.39, 0.29) is 5.78 Å². The fourth-order valence-electron chi connectivity index (χ4n) is 2.25. The first-order valence-corrected chi connectivity index (χ1v) is 5.19. The summed E-state index contributed by atoms with van der Waals surface area (Å²) in [6, 6.07) is 7.91. The molecule has 2 rings (SSSR count). The van der Waals surface area contributed by atoms with Gasteiger partial charge in [0, 0.05) is 12.8 Å². The Bertz CT molecular complexity index is 477. The SMILES string of the molecule is COc1ccc(C2(C#N)CC(=O)C2)c(C)c1. The maximum atomic E-state index is 11.1. The summed E-state index contributed by atoms with van der Waals surface area (Å²) >= 11 is 0. The Hall–Kier alpha value is -1.82. The summed E-state index contributed by atoms with van der Waals surface area (Å²) in [6.45, 7) is 1.94. The summed E-state index contributed by atoms with van der Waals surface area (Å²) in [6.07, 6.45) is 0.688. The molecular weight excluding hydrogens is 202 g/mol. The van der Waals surface area contributed by atoms with Crippen molar-refractivity contribution in [1.82, 2.24) is 0 Å². The highest BCUT2D eigenvalue weighted by atomic mass is 16.5. The van der Waals surface area contributed by atoms with E-state index in [0.717, 1.165) is 16.9 Å². The fourth-order valence-corrected chi connectivity index (χ4v) is 2.25. The average Bonchev–Trinajstić information content (AvgIpc) is 2.24. The Kier molecular flexibility index (Phi) is 2.43. The summed E-state index contributed by atoms with van der Waals surface area (Å²) in [5.41, 5.74) is 1.37. The zero-order valence-corrected chi connectivity index (χ0v) is 9.41. The van der Waals surface area contributed by atoms with Gasteiger partial charge in [0.15, 0.2) is 0 Å². The molecule has 3 nitrogen and oxygen atoms in total. The van der Waals surface area contributed by atoms with Crippen LogP contribution in [0.15, 0.2) is 18.2 Å². The number of nitrogens with zero attached hydrogens (tertiary/aromatic N) is 1. The molecule has 0 saturated heterocycles. The summed E-state index contributed by atoms with van der Waals surface area (Å²) < 4.78 is 5.12. The van der Waals surface area contributed by atoms with Gasteiger partial charge in [-0.1, -0.05) is 6.07 Å². The van der Waals surface area contributed by atoms with Gasteiger partial charge in [0.25, 0.3) is 0 Å². The number of hydrogen-bond acceptors (Lipinski definition) is 3. The summed E-state index contributed by atoms with van der Waals surface area (Å²) in [5.74, 6) is 0.941. The molecule has 1 aromatic carbocycles. The highest BCUT2D eigenvalue weighted by Gasteiger charge is 2.46. The van der Waals surface area contributed by atoms with Crippen molar-refractivity contribution in [3.8, 4) is 11.8 Å². The van der Waals surface area contributed by atoms with Gasteiger partial charge in [-0.3, -0.25) is 4.79 Å². The Morgan fingerprint density at radius 1 is 1.44 bits per heavy atom. The molecule has 1 saturated carbocycles. The van der Waals surface area contributed by atoms with Crippen LogP contribution in [0.3, 0.4) is 0 Å². The Balaban J connectivity index is 2.41. The first-order chi connectivity index (χ1) is 7.61. The van der Waals surface area contributed by atoms with Crippen molar-refractivity contribution >= 4 is 5.78 Å². The molecule has 0 bridgehead atoms. The number of hydrogen-bond donors (Lipinski definition) is 0. The molecule has 1 aliphatic rings. The van der Waals surface area contributed by atoms with Crippen LogP contribution < -0.4 is 4.74 Å². The second-order valence-corrected chi connectivity index (χ2v) is 4.27. The summed E-state index contributed by atoms with van der Waals surface area (Å²) in [4.78, 5) is 11.1. The number of carbonyl (C=O) groups is 1. The molecule has 1 fully saturated rings. The van der Waals surface area contributed by atoms with Gasteiger partial charge in [-0.2, -0.15) is 5.26 Å². The maximum Gasteiger partial charge on any atom is 0.136 e. The number of ketones is 1. The molecule has 16 heavy (non-hydrogen) atoms. The third-order valence-corrected chi connectivity index (χ3v) is 3.16. The second kappa shape index (κ2) is 3.64. The zero-order valence-electron chi connectivity index (χ0n) is 9.41. The van der Waals surface area contributed by atoms with Crippen molar-refractivity contribution < 1.29 is 9.53 Å². The number of nitriles is 1. The molecule has 0 heterocycles. The van der Waals surface area contributed by atoms with Crippen molar-refractivity contribution in [2.75, 3.05) is 7.11 Å². The van der Waals surface area contributed by atoms with E-state index in [4.69, 9.17) is 4.74 Å². The largest absolute Gasteiger partial charge is 0.497 e. The van der Waals surface area contributed by atoms with Crippen LogP contribution >= 0.6 is 0 Å². The van der Waals surface area contributed by atoms with Crippen LogP contribution in [-0.4, -0.2) is 12.9 Å². The summed E-state index contributed by atoms with van der Waals surface area (Å²) in [7, 11) is 1.61. The lowest BCUT2D eigenvalue weighted by molar-refractivity contribution is -0.126. The minimum Gasteiger partial charge on any atom is -0.497 e. The standard InChI is InChI=1S/C13H13NO2/c1-9-5-11(16-2)3-4-12(9)13(8-14)6-10(15)7-13/h3-5H,6-7H2,1-2H3. The van der Waals surface area contributed by atoms with Crippen LogP contribution in [0.2, 0.25) is 0 Å². The molecular formula is C13H13NO2. The van der Waals surface area contributed by atoms with E-state index in [1.165, 1.54) is 0 Å². The van der Waals surface area contributed by atoms with Gasteiger partial charge >= 0.3 is 0 Å². The molecule has 0 unspecified atom stereocenters. The first kappa shape index (κ1) is 10.7. The van der Waals surface area contributed by atoms with E-state index in [1.807, 2.05) is 25.1 Å². The number of aryl methyl sites for hydroxylation is 1. The Labute approximate surface area is 94.6 Å². The normalized spacial score (nSPS) is 17.4. The molecule has 82 valence electrons. The van der Waals surface area contributed by atoms with Crippen LogP contribution in [-0.2, 0) is 10.2 Å². The van der Waals surface area contributed by atoms with Crippen LogP contribution in [0.4, 0.5) is 0 Å². The smallest absolute Gasteiger partial charge is 0.136 e. The average molecular weight is 215 g/mol. The van der Waals surface area contributed by atoms with Crippen LogP contribution in [0, 0.1) is 18.3 Å². The lowest BCUT2D eigenvalue weighted by Crippen LogP contribution is -2.40. The van der Waals surface area contributed by atoms with E-state index in [9.17, 15) is 10.1 Å². The molecule has 0 radical (unpaired) electrons. The van der Waals surface area contributed by atoms with Crippen molar-refractivity contribution in [3.05, 3.63) is 29.3 Å². The molecule has 0 atom stereocenters. The maximum absolute atomic E-state index is 11.1. The van der Waals surface area contributed by atoms with Crippen molar-refractivity contribution in [1.29, 1.82) is 5.26 Å². The van der Waals surface area contributed by atoms with E-state index in [2.05, 4.69) is 6.07 Å². The first-order valence-electron chi connectivity index (χ1n) is 5.19. The number of rotatable bonds is 2. The van der Waals surface area contributed by atoms with Crippen molar-refractivity contribution in [3.63, 3.8) is 0 Å². The minimum atomic E-state index is -0.590. The molecule has 3 heteroatoms. The topological polar surface area (TPSA) is 50.1 Å². The van der Waals surface area contributed by atoms with Crippen LogP contribution in [0.25, 0.3) is 0 Å². The minimum absolute atomic E-state index is 0.164. The number of Topliss-reactive ketones (excluding diaryl/α,β-unsaturated/α-hetero) is 1. The molecule has 0 amide bonds. The number of benzene rings is 1. The van der Waals surface area contributed by atoms with Gasteiger partial charge < -0.3 is 4.74 Å². The third kappa shape index (κ3) is 1.47. The number of ether oxygens (including phenoxy) is 1. The quantitative estimate of drug-likeness (QED) is 0.759. The van der Waals surface area contributed by atoms with Gasteiger partial charge in [0.05, 0.1) is 18.6 Å². The summed E-state index contributed by atoms with van der Waals surface area (Å²) in [5, 5.41) is 9.23. The van der Waals surface area contributed by atoms with Crippen molar-refractivity contribution in [2.45, 2.75) is 25.2 Å². The predicted octanol–water partition coefficient (Wildman–Crippen LogP) is 2.13. The predicted molar refractivity (Wildman–Crippen MR) is 59.3 cm³/mol. The fraction of sp³-hybridized carbons (Fsp3) is 0.385. The molecule has 1 aromatic rings. The van der Waals surface area contributed by atoms with E-state index in [0.29, 0.717) is 12.8 Å². The highest BCUT2D eigenvalue weighted by Crippen LogP contribution is 2.42. The van der Waals surface area contributed by atoms with Crippen LogP contribution in [0.1, 0.15) is 24.0 Å². The van der Waals surface area contributed by atoms with Gasteiger partial charge in [-0.15, -0.1) is 0 Å². The van der Waals surface area contributed by atoms with Crippen molar-refractivity contribution in [2.24, 2.45) is 0 Å². The molecule has 0 spiro atoms. The third-order valence-electron chi connectivity index (χ3n) is 3.16. The molecule has 0 aromatic heterocycles. The lowest BCUT2D eigenvalue weighted by Gasteiger charge is -2.35. The molecule has 1 aliphatic carbocycles. The lowest BCUT2D eigenvalue weighted by atomic mass is 9.64. The number of methoxy groups -OCH3 is 1. The zero-order chi connectivity index (χ0) is 11.8. The van der Waals surface area contributed by atoms with E-state index in [1.54, 1.807) is 7.11 Å². The molecule has 0 N–H and O–H groups in total. The number of carbonyl (C=O) groups excluding carboxylic acids is 1. The van der Waals surface area contributed by atoms with Gasteiger partial charge in [-0.25, -0.2) is 0 Å².